The summed E-state index contributed by atoms with van der Waals surface area (Å²) in [5, 5.41) is 26.3. The molecule has 0 aromatic rings. The zero-order chi connectivity index (χ0) is 89.0. The van der Waals surface area contributed by atoms with Crippen LogP contribution < -0.4 is 0 Å². The Bertz CT molecular complexity index is 2710. The minimum atomic E-state index is -1.57. The van der Waals surface area contributed by atoms with Gasteiger partial charge in [-0.1, -0.05) is 0 Å². The van der Waals surface area contributed by atoms with Gasteiger partial charge in [-0.15, -0.1) is 11.8 Å². The van der Waals surface area contributed by atoms with Crippen molar-refractivity contribution >= 4 is 143 Å². The molecule has 111 heavy (non-hydrogen) atoms. The number of thioether (sulfide) groups is 1. The Morgan fingerprint density at radius 3 is 0.856 bits per heavy atom. The topological polar surface area (TPSA) is 621 Å². The van der Waals surface area contributed by atoms with Crippen LogP contribution in [0.2, 0.25) is 0 Å². The second kappa shape index (κ2) is 88.8. The molecule has 0 rings (SSSR count). The van der Waals surface area contributed by atoms with E-state index in [-0.39, 0.29) is 74.1 Å². The van der Waals surface area contributed by atoms with Crippen molar-refractivity contribution in [3.8, 4) is 11.8 Å². The number of carbonyl (C=O) groups excluding carboxylic acids is 22. The first-order valence-electron chi connectivity index (χ1n) is 30.0. The third-order valence-electron chi connectivity index (χ3n) is 9.62. The van der Waals surface area contributed by atoms with Crippen LogP contribution in [0, 0.1) is 11.8 Å². The minimum absolute atomic E-state index is 0.0865. The largest absolute Gasteiger partial charge is 0.469 e. The summed E-state index contributed by atoms with van der Waals surface area (Å²) in [6, 6.07) is 0. The molecule has 0 amide bonds. The van der Waals surface area contributed by atoms with Crippen LogP contribution in [0.1, 0.15) is 72.6 Å². The van der Waals surface area contributed by atoms with Crippen molar-refractivity contribution in [2.75, 3.05) is 159 Å². The van der Waals surface area contributed by atoms with E-state index in [9.17, 15) is 105 Å². The monoisotopic (exact) mass is 1630 g/mol. The third-order valence-corrected chi connectivity index (χ3v) is 10.5. The molecule has 0 fully saturated rings. The summed E-state index contributed by atoms with van der Waals surface area (Å²) in [6.07, 6.45) is 0.320. The van der Waals surface area contributed by atoms with Crippen LogP contribution in [0.15, 0.2) is 24.3 Å². The summed E-state index contributed by atoms with van der Waals surface area (Å²) in [4.78, 5) is 228. The molecule has 0 aliphatic heterocycles. The molecule has 46 heteroatoms. The zero-order valence-electron chi connectivity index (χ0n) is 65.4. The summed E-state index contributed by atoms with van der Waals surface area (Å²) in [5.41, 5.74) is 0. The van der Waals surface area contributed by atoms with Crippen LogP contribution >= 0.6 is 11.8 Å². The Hall–Kier alpha value is -11.8. The lowest BCUT2D eigenvalue weighted by Crippen LogP contribution is -2.37. The number of ether oxygens (including phenoxy) is 20. The van der Waals surface area contributed by atoms with Gasteiger partial charge in [-0.05, 0) is 34.1 Å². The van der Waals surface area contributed by atoms with Crippen LogP contribution in [0.4, 0.5) is 0 Å². The highest BCUT2D eigenvalue weighted by molar-refractivity contribution is 8.00. The Kier molecular flexibility index (Phi) is 98.3. The van der Waals surface area contributed by atoms with Crippen molar-refractivity contribution < 1.29 is 216 Å². The molecular weight excluding hydrogens is 1530 g/mol. The number of carbonyl (C=O) groups is 22. The molecule has 636 valence electrons. The number of esters is 19. The van der Waals surface area contributed by atoms with Gasteiger partial charge in [-0.2, -0.15) is 0 Å². The fraction of sp³-hybridized carbons (Fsp3) is 0.569. The highest BCUT2D eigenvalue weighted by Gasteiger charge is 2.24. The van der Waals surface area contributed by atoms with E-state index in [1.807, 2.05) is 11.8 Å². The number of aliphatic hydroxyl groups is 3. The molecule has 0 radical (unpaired) electrons. The number of aliphatic hydroxyl groups excluding tert-OH is 3. The first-order valence-corrected chi connectivity index (χ1v) is 31.1. The minimum Gasteiger partial charge on any atom is -0.469 e. The van der Waals surface area contributed by atoms with Gasteiger partial charge in [0.05, 0.1) is 165 Å². The summed E-state index contributed by atoms with van der Waals surface area (Å²) >= 11 is 1.17. The third kappa shape index (κ3) is 105. The molecule has 0 saturated heterocycles. The number of rotatable bonds is 28. The molecule has 0 spiro atoms. The maximum atomic E-state index is 10.7. The van der Waals surface area contributed by atoms with E-state index >= 15 is 0 Å². The van der Waals surface area contributed by atoms with E-state index in [1.54, 1.807) is 6.92 Å². The SMILES string of the molecule is CC(=O)C(O)C(O)C(C)=O.CCOC(=O)CCCC(C)=O.COC(=O)/C=C/C(=O)OC.COC(=O)/C=C\C(=O)OC.COC(=O)C#CC(=O)OC.COC(=O)C(=O)OC.COC(=O)CC(=O)OC.COC(=O)CC(O)C(=O)OC.COC(=O)CCC(=O)OC.COC(=O)COCC(=O)OC.COC(=O)CSCC(=O)OC. The van der Waals surface area contributed by atoms with E-state index in [1.165, 1.54) is 125 Å². The van der Waals surface area contributed by atoms with E-state index in [0.29, 0.717) is 25.9 Å². The normalized spacial score (nSPS) is 9.63. The van der Waals surface area contributed by atoms with E-state index in [0.717, 1.165) is 59.5 Å². The maximum absolute atomic E-state index is 10.7. The molecule has 3 unspecified atom stereocenters. The number of Topliss-reactive ketones (excluding diaryl/α,β-unsaturated/α-hetero) is 3. The van der Waals surface area contributed by atoms with Crippen LogP contribution in [0.3, 0.4) is 0 Å². The lowest BCUT2D eigenvalue weighted by Gasteiger charge is -2.10. The summed E-state index contributed by atoms with van der Waals surface area (Å²) in [7, 11) is 21.9. The van der Waals surface area contributed by atoms with Crippen LogP contribution in [-0.2, 0) is 200 Å². The summed E-state index contributed by atoms with van der Waals surface area (Å²) in [6.45, 7) is 5.46. The Morgan fingerprint density at radius 1 is 0.333 bits per heavy atom. The predicted molar refractivity (Wildman–Crippen MR) is 370 cm³/mol. The fourth-order valence-electron chi connectivity index (χ4n) is 3.88. The van der Waals surface area contributed by atoms with Gasteiger partial charge >= 0.3 is 113 Å². The van der Waals surface area contributed by atoms with Crippen LogP contribution in [-0.4, -0.2) is 324 Å². The average molecular weight is 1630 g/mol. The Morgan fingerprint density at radius 2 is 0.631 bits per heavy atom. The molecule has 3 atom stereocenters. The van der Waals surface area contributed by atoms with Crippen molar-refractivity contribution in [1.29, 1.82) is 0 Å². The molecule has 0 aromatic heterocycles. The molecule has 3 N–H and O–H groups in total. The number of hydrogen-bond acceptors (Lipinski definition) is 46. The van der Waals surface area contributed by atoms with Gasteiger partial charge in [0.2, 0.25) is 0 Å². The fourth-order valence-corrected chi connectivity index (χ4v) is 4.55. The second-order valence-electron chi connectivity index (χ2n) is 17.5. The zero-order valence-corrected chi connectivity index (χ0v) is 66.2. The molecule has 0 aromatic carbocycles. The highest BCUT2D eigenvalue weighted by atomic mass is 32.2. The standard InChI is InChI=1S/C8H14O3.2C6H10O5.C6H10O4S.C6H10O4.2C6H8O4.C6H6O4.C6H10O4.C5H8O4.C4H6O4/c1-3-11-8(10)6-4-5-7(2)9;1-9-5(7)3-11-4-6(8)10-2;1-10-5(8)3-4(7)6(9)11-2;1-9-5(7)3-11-4-6(8)10-2;4*1-9-5(7)3-4-6(8)10-2;1-3(7)5(9)6(10)4(2)8;1-8-4(6)3-5(7)9-2;1-7-3(5)4(6)8-2/h3-6H2,1-2H3;3-4H2,1-2H3;4,7H,3H2,1-2H3;3-4H2,1-2H3;3-4H2,1-2H3;2*3-4H,1-2H3;1-2H3;5-6,9-10H,1-2H3;3H2,1-2H3;1-2H3/b;;;;;4-3+;4-3-;;;;. The van der Waals surface area contributed by atoms with Gasteiger partial charge in [0.1, 0.15) is 37.6 Å². The molecule has 0 bridgehead atoms. The van der Waals surface area contributed by atoms with Gasteiger partial charge in [-0.25, -0.2) is 52.7 Å². The van der Waals surface area contributed by atoms with E-state index in [4.69, 9.17) is 15.3 Å². The summed E-state index contributed by atoms with van der Waals surface area (Å²) < 4.78 is 84.9. The predicted octanol–water partition coefficient (Wildman–Crippen LogP) is -3.03. The lowest BCUT2D eigenvalue weighted by molar-refractivity contribution is -0.164. The quantitative estimate of drug-likeness (QED) is 0.0133. The number of hydrogen-bond donors (Lipinski definition) is 3. The van der Waals surface area contributed by atoms with Crippen molar-refractivity contribution in [3.63, 3.8) is 0 Å². The molecule has 0 saturated carbocycles. The van der Waals surface area contributed by atoms with Gasteiger partial charge < -0.3 is 115 Å². The Balaban J connectivity index is -0.000000110. The number of methoxy groups -OCH3 is 18. The van der Waals surface area contributed by atoms with Crippen LogP contribution in [0.5, 0.6) is 0 Å². The van der Waals surface area contributed by atoms with Crippen molar-refractivity contribution in [1.82, 2.24) is 0 Å². The molecule has 45 nitrogen and oxygen atoms in total. The molecule has 0 aliphatic carbocycles. The Labute approximate surface area is 642 Å². The van der Waals surface area contributed by atoms with Gasteiger partial charge in [-0.3, -0.25) is 47.9 Å². The molecule has 0 heterocycles. The van der Waals surface area contributed by atoms with Crippen molar-refractivity contribution in [2.45, 2.75) is 91.0 Å². The second-order valence-corrected chi connectivity index (χ2v) is 18.5. The highest BCUT2D eigenvalue weighted by Crippen LogP contribution is 2.01. The first kappa shape index (κ1) is 123. The average Bonchev–Trinajstić information content (AvgIpc) is 0.926. The van der Waals surface area contributed by atoms with Crippen molar-refractivity contribution in [2.24, 2.45) is 0 Å². The van der Waals surface area contributed by atoms with E-state index < -0.39 is 125 Å². The lowest BCUT2D eigenvalue weighted by atomic mass is 10.1. The van der Waals surface area contributed by atoms with Gasteiger partial charge in [0.25, 0.3) is 0 Å². The van der Waals surface area contributed by atoms with Gasteiger partial charge in [0.15, 0.2) is 17.7 Å². The van der Waals surface area contributed by atoms with E-state index in [2.05, 4.69) is 94.7 Å². The van der Waals surface area contributed by atoms with Gasteiger partial charge in [0, 0.05) is 49.0 Å². The van der Waals surface area contributed by atoms with Crippen LogP contribution in [0.25, 0.3) is 0 Å². The number of ketones is 3. The maximum Gasteiger partial charge on any atom is 0.417 e. The van der Waals surface area contributed by atoms with Crippen molar-refractivity contribution in [3.05, 3.63) is 24.3 Å². The smallest absolute Gasteiger partial charge is 0.417 e. The summed E-state index contributed by atoms with van der Waals surface area (Å²) in [5.74, 6) is -8.09. The molecule has 0 aliphatic rings. The molecular formula is C65H100O45S. The first-order chi connectivity index (χ1) is 51.9.